The number of nitrogens with zero attached hydrogens (tertiary/aromatic N) is 4. The van der Waals surface area contributed by atoms with E-state index < -0.39 is 0 Å². The molecule has 3 rings (SSSR count). The molecule has 25 heavy (non-hydrogen) atoms. The molecule has 1 saturated heterocycles. The molecule has 2 aromatic heterocycles. The molecule has 1 N–H and O–H groups in total. The molecule has 2 aromatic rings. The molecular formula is C18H28N4O3. The standard InChI is InChI=1S/C18H28N4O3/c1-3-22(12-18-19-14(2)25-20-18)15-5-4-9-21(10-8-15)11-16-6-7-17(13-23)24-16/h6-7,15,23H,3-5,8-13H2,1-2H3/t15-/m0/s1. The average Bonchev–Trinajstić information content (AvgIpc) is 3.17. The summed E-state index contributed by atoms with van der Waals surface area (Å²) < 4.78 is 10.7. The number of aromatic nitrogens is 2. The van der Waals surface area contributed by atoms with E-state index in [-0.39, 0.29) is 6.61 Å². The molecular weight excluding hydrogens is 320 g/mol. The topological polar surface area (TPSA) is 78.8 Å². The third-order valence-electron chi connectivity index (χ3n) is 4.88. The molecule has 0 saturated carbocycles. The van der Waals surface area contributed by atoms with Crippen LogP contribution in [0, 0.1) is 6.92 Å². The average molecular weight is 348 g/mol. The molecule has 0 radical (unpaired) electrons. The van der Waals surface area contributed by atoms with Crippen LogP contribution < -0.4 is 0 Å². The SMILES string of the molecule is CCN(Cc1noc(C)n1)[C@H]1CCCN(Cc2ccc(CO)o2)CC1. The lowest BCUT2D eigenvalue weighted by Crippen LogP contribution is -2.36. The molecule has 7 nitrogen and oxygen atoms in total. The zero-order valence-electron chi connectivity index (χ0n) is 15.1. The van der Waals surface area contributed by atoms with Crippen LogP contribution >= 0.6 is 0 Å². The summed E-state index contributed by atoms with van der Waals surface area (Å²) in [6.07, 6.45) is 3.47. The van der Waals surface area contributed by atoms with E-state index in [1.807, 2.05) is 19.1 Å². The van der Waals surface area contributed by atoms with E-state index in [1.165, 1.54) is 12.8 Å². The summed E-state index contributed by atoms with van der Waals surface area (Å²) in [5.41, 5.74) is 0. The summed E-state index contributed by atoms with van der Waals surface area (Å²) in [5.74, 6) is 2.96. The predicted octanol–water partition coefficient (Wildman–Crippen LogP) is 2.34. The minimum atomic E-state index is -0.0386. The van der Waals surface area contributed by atoms with Gasteiger partial charge in [0.05, 0.1) is 13.1 Å². The normalized spacial score (nSPS) is 19.4. The second-order valence-electron chi connectivity index (χ2n) is 6.68. The number of hydrogen-bond acceptors (Lipinski definition) is 7. The number of aliphatic hydroxyl groups excluding tert-OH is 1. The van der Waals surface area contributed by atoms with Crippen LogP contribution in [-0.2, 0) is 19.7 Å². The molecule has 1 aliphatic rings. The van der Waals surface area contributed by atoms with Gasteiger partial charge in [-0.2, -0.15) is 4.98 Å². The van der Waals surface area contributed by atoms with Gasteiger partial charge in [-0.3, -0.25) is 9.80 Å². The van der Waals surface area contributed by atoms with E-state index in [4.69, 9.17) is 14.0 Å². The summed E-state index contributed by atoms with van der Waals surface area (Å²) in [5, 5.41) is 13.1. The van der Waals surface area contributed by atoms with Gasteiger partial charge in [-0.25, -0.2) is 0 Å². The van der Waals surface area contributed by atoms with Crippen molar-refractivity contribution in [2.75, 3.05) is 19.6 Å². The van der Waals surface area contributed by atoms with Crippen molar-refractivity contribution in [2.45, 2.75) is 58.8 Å². The van der Waals surface area contributed by atoms with Crippen LogP contribution in [0.3, 0.4) is 0 Å². The highest BCUT2D eigenvalue weighted by molar-refractivity contribution is 5.06. The van der Waals surface area contributed by atoms with Gasteiger partial charge in [0, 0.05) is 19.5 Å². The summed E-state index contributed by atoms with van der Waals surface area (Å²) in [6, 6.07) is 4.35. The maximum Gasteiger partial charge on any atom is 0.223 e. The highest BCUT2D eigenvalue weighted by atomic mass is 16.5. The number of aliphatic hydroxyl groups is 1. The third kappa shape index (κ3) is 4.90. The van der Waals surface area contributed by atoms with Gasteiger partial charge in [-0.1, -0.05) is 12.1 Å². The predicted molar refractivity (Wildman–Crippen MR) is 92.7 cm³/mol. The molecule has 3 heterocycles. The molecule has 1 fully saturated rings. The first kappa shape index (κ1) is 18.1. The second kappa shape index (κ2) is 8.60. The number of rotatable bonds is 7. The lowest BCUT2D eigenvalue weighted by Gasteiger charge is -2.28. The summed E-state index contributed by atoms with van der Waals surface area (Å²) in [4.78, 5) is 9.22. The fraction of sp³-hybridized carbons (Fsp3) is 0.667. The van der Waals surface area contributed by atoms with Gasteiger partial charge in [0.1, 0.15) is 18.1 Å². The Morgan fingerprint density at radius 3 is 2.80 bits per heavy atom. The molecule has 1 aliphatic heterocycles. The maximum absolute atomic E-state index is 9.12. The van der Waals surface area contributed by atoms with Crippen molar-refractivity contribution in [3.05, 3.63) is 35.4 Å². The Labute approximate surface area is 148 Å². The Kier molecular flexibility index (Phi) is 6.23. The van der Waals surface area contributed by atoms with Crippen LogP contribution in [0.4, 0.5) is 0 Å². The Hall–Kier alpha value is -1.70. The van der Waals surface area contributed by atoms with Crippen molar-refractivity contribution in [3.63, 3.8) is 0 Å². The molecule has 0 aromatic carbocycles. The van der Waals surface area contributed by atoms with Gasteiger partial charge < -0.3 is 14.0 Å². The molecule has 0 spiro atoms. The molecule has 7 heteroatoms. The Balaban J connectivity index is 1.54. The van der Waals surface area contributed by atoms with E-state index in [0.29, 0.717) is 17.7 Å². The van der Waals surface area contributed by atoms with Crippen molar-refractivity contribution < 1.29 is 14.0 Å². The number of aryl methyl sites for hydroxylation is 1. The fourth-order valence-electron chi connectivity index (χ4n) is 3.56. The fourth-order valence-corrected chi connectivity index (χ4v) is 3.56. The largest absolute Gasteiger partial charge is 0.462 e. The van der Waals surface area contributed by atoms with Gasteiger partial charge in [0.25, 0.3) is 0 Å². The Morgan fingerprint density at radius 1 is 1.28 bits per heavy atom. The van der Waals surface area contributed by atoms with Crippen LogP contribution in [0.15, 0.2) is 21.1 Å². The quantitative estimate of drug-likeness (QED) is 0.823. The lowest BCUT2D eigenvalue weighted by molar-refractivity contribution is 0.168. The van der Waals surface area contributed by atoms with E-state index in [1.54, 1.807) is 0 Å². The molecule has 0 bridgehead atoms. The maximum atomic E-state index is 9.12. The number of hydrogen-bond donors (Lipinski definition) is 1. The molecule has 0 amide bonds. The van der Waals surface area contributed by atoms with Crippen molar-refractivity contribution >= 4 is 0 Å². The number of likely N-dealkylation sites (tertiary alicyclic amines) is 1. The van der Waals surface area contributed by atoms with Crippen molar-refractivity contribution in [1.82, 2.24) is 19.9 Å². The zero-order chi connectivity index (χ0) is 17.6. The number of furan rings is 1. The van der Waals surface area contributed by atoms with Gasteiger partial charge in [-0.15, -0.1) is 0 Å². The smallest absolute Gasteiger partial charge is 0.223 e. The zero-order valence-corrected chi connectivity index (χ0v) is 15.1. The van der Waals surface area contributed by atoms with Crippen molar-refractivity contribution in [2.24, 2.45) is 0 Å². The third-order valence-corrected chi connectivity index (χ3v) is 4.88. The van der Waals surface area contributed by atoms with Gasteiger partial charge >= 0.3 is 0 Å². The summed E-state index contributed by atoms with van der Waals surface area (Å²) in [6.45, 7) is 8.63. The van der Waals surface area contributed by atoms with Gasteiger partial charge in [0.2, 0.25) is 5.89 Å². The minimum Gasteiger partial charge on any atom is -0.462 e. The Morgan fingerprint density at radius 2 is 2.12 bits per heavy atom. The van der Waals surface area contributed by atoms with Crippen LogP contribution in [0.5, 0.6) is 0 Å². The van der Waals surface area contributed by atoms with E-state index in [2.05, 4.69) is 26.9 Å². The first-order chi connectivity index (χ1) is 12.2. The van der Waals surface area contributed by atoms with E-state index >= 15 is 0 Å². The van der Waals surface area contributed by atoms with Crippen LogP contribution in [0.25, 0.3) is 0 Å². The van der Waals surface area contributed by atoms with Crippen molar-refractivity contribution in [1.29, 1.82) is 0 Å². The summed E-state index contributed by atoms with van der Waals surface area (Å²) in [7, 11) is 0. The Bertz CT molecular complexity index is 654. The van der Waals surface area contributed by atoms with Gasteiger partial charge in [-0.05, 0) is 44.5 Å². The van der Waals surface area contributed by atoms with Crippen molar-refractivity contribution in [3.8, 4) is 0 Å². The van der Waals surface area contributed by atoms with Gasteiger partial charge in [0.15, 0.2) is 5.82 Å². The molecule has 0 aliphatic carbocycles. The van der Waals surface area contributed by atoms with Crippen LogP contribution in [-0.4, -0.2) is 50.7 Å². The first-order valence-corrected chi connectivity index (χ1v) is 9.12. The second-order valence-corrected chi connectivity index (χ2v) is 6.68. The summed E-state index contributed by atoms with van der Waals surface area (Å²) >= 11 is 0. The highest BCUT2D eigenvalue weighted by Gasteiger charge is 2.23. The molecule has 1 atom stereocenters. The van der Waals surface area contributed by atoms with E-state index in [9.17, 15) is 0 Å². The van der Waals surface area contributed by atoms with Crippen LogP contribution in [0.2, 0.25) is 0 Å². The molecule has 0 unspecified atom stereocenters. The highest BCUT2D eigenvalue weighted by Crippen LogP contribution is 2.20. The minimum absolute atomic E-state index is 0.0386. The first-order valence-electron chi connectivity index (χ1n) is 9.12. The molecule has 138 valence electrons. The monoisotopic (exact) mass is 348 g/mol. The lowest BCUT2D eigenvalue weighted by atomic mass is 10.1. The van der Waals surface area contributed by atoms with E-state index in [0.717, 1.165) is 50.7 Å². The van der Waals surface area contributed by atoms with Crippen LogP contribution in [0.1, 0.15) is 49.4 Å².